The molecule has 8 heteroatoms. The standard InChI is InChI=1S/C20H30N6O2/c1-3-18-24-19(28-25-18)17-6-4-16(5-7-17)8-9-22-20(21-2)23-10-11-26-12-14-27-15-13-26/h4-7H,3,8-15H2,1-2H3,(H2,21,22,23). The molecule has 2 aromatic rings. The van der Waals surface area contributed by atoms with Crippen LogP contribution < -0.4 is 10.6 Å². The number of nitrogens with zero attached hydrogens (tertiary/aromatic N) is 4. The molecule has 0 atom stereocenters. The van der Waals surface area contributed by atoms with E-state index < -0.39 is 0 Å². The third kappa shape index (κ3) is 6.03. The average molecular weight is 387 g/mol. The van der Waals surface area contributed by atoms with Crippen LogP contribution in [0, 0.1) is 0 Å². The summed E-state index contributed by atoms with van der Waals surface area (Å²) in [6.45, 7) is 8.38. The van der Waals surface area contributed by atoms with Crippen molar-refractivity contribution in [3.63, 3.8) is 0 Å². The van der Waals surface area contributed by atoms with Gasteiger partial charge in [-0.2, -0.15) is 4.98 Å². The molecule has 0 radical (unpaired) electrons. The van der Waals surface area contributed by atoms with Crippen molar-refractivity contribution in [1.29, 1.82) is 0 Å². The molecule has 0 bridgehead atoms. The highest BCUT2D eigenvalue weighted by molar-refractivity contribution is 5.79. The Kier molecular flexibility index (Phi) is 7.81. The van der Waals surface area contributed by atoms with Crippen LogP contribution in [0.5, 0.6) is 0 Å². The summed E-state index contributed by atoms with van der Waals surface area (Å²) in [4.78, 5) is 11.1. The third-order valence-corrected chi connectivity index (χ3v) is 4.74. The summed E-state index contributed by atoms with van der Waals surface area (Å²) in [7, 11) is 1.80. The number of hydrogen-bond acceptors (Lipinski definition) is 6. The van der Waals surface area contributed by atoms with E-state index >= 15 is 0 Å². The first-order valence-corrected chi connectivity index (χ1v) is 9.95. The van der Waals surface area contributed by atoms with Crippen molar-refractivity contribution in [2.75, 3.05) is 53.0 Å². The molecule has 8 nitrogen and oxygen atoms in total. The van der Waals surface area contributed by atoms with E-state index in [0.717, 1.165) is 76.1 Å². The number of aromatic nitrogens is 2. The van der Waals surface area contributed by atoms with E-state index in [1.807, 2.05) is 19.1 Å². The van der Waals surface area contributed by atoms with Crippen molar-refractivity contribution in [2.45, 2.75) is 19.8 Å². The van der Waals surface area contributed by atoms with Gasteiger partial charge in [-0.25, -0.2) is 0 Å². The molecule has 0 spiro atoms. The highest BCUT2D eigenvalue weighted by Crippen LogP contribution is 2.18. The fraction of sp³-hybridized carbons (Fsp3) is 0.550. The predicted octanol–water partition coefficient (Wildman–Crippen LogP) is 1.34. The number of morpholine rings is 1. The maximum Gasteiger partial charge on any atom is 0.257 e. The van der Waals surface area contributed by atoms with Crippen LogP contribution in [0.15, 0.2) is 33.8 Å². The van der Waals surface area contributed by atoms with E-state index in [1.165, 1.54) is 5.56 Å². The van der Waals surface area contributed by atoms with Crippen molar-refractivity contribution >= 4 is 5.96 Å². The molecule has 152 valence electrons. The van der Waals surface area contributed by atoms with Gasteiger partial charge in [-0.1, -0.05) is 24.2 Å². The first-order valence-electron chi connectivity index (χ1n) is 9.95. The second-order valence-electron chi connectivity index (χ2n) is 6.70. The van der Waals surface area contributed by atoms with Gasteiger partial charge in [-0.3, -0.25) is 9.89 Å². The molecule has 1 aromatic carbocycles. The minimum absolute atomic E-state index is 0.575. The molecule has 0 unspecified atom stereocenters. The summed E-state index contributed by atoms with van der Waals surface area (Å²) in [6, 6.07) is 8.25. The van der Waals surface area contributed by atoms with Gasteiger partial charge in [0.25, 0.3) is 5.89 Å². The maximum atomic E-state index is 5.37. The summed E-state index contributed by atoms with van der Waals surface area (Å²) >= 11 is 0. The van der Waals surface area contributed by atoms with Gasteiger partial charge >= 0.3 is 0 Å². The van der Waals surface area contributed by atoms with E-state index in [0.29, 0.717) is 5.89 Å². The first-order chi connectivity index (χ1) is 13.8. The zero-order valence-corrected chi connectivity index (χ0v) is 16.8. The molecule has 28 heavy (non-hydrogen) atoms. The Hall–Kier alpha value is -2.45. The quantitative estimate of drug-likeness (QED) is 0.523. The Balaban J connectivity index is 1.38. The molecule has 2 N–H and O–H groups in total. The van der Waals surface area contributed by atoms with Crippen molar-refractivity contribution in [2.24, 2.45) is 4.99 Å². The zero-order valence-electron chi connectivity index (χ0n) is 16.8. The lowest BCUT2D eigenvalue weighted by molar-refractivity contribution is 0.0389. The fourth-order valence-corrected chi connectivity index (χ4v) is 3.03. The van der Waals surface area contributed by atoms with Crippen LogP contribution in [-0.2, 0) is 17.6 Å². The van der Waals surface area contributed by atoms with E-state index in [4.69, 9.17) is 9.26 Å². The molecular formula is C20H30N6O2. The van der Waals surface area contributed by atoms with Crippen LogP contribution >= 0.6 is 0 Å². The SMILES string of the molecule is CCc1noc(-c2ccc(CCNC(=NC)NCCN3CCOCC3)cc2)n1. The Bertz CT molecular complexity index is 737. The minimum atomic E-state index is 0.575. The van der Waals surface area contributed by atoms with E-state index in [-0.39, 0.29) is 0 Å². The maximum absolute atomic E-state index is 5.37. The summed E-state index contributed by atoms with van der Waals surface area (Å²) in [5.74, 6) is 2.14. The van der Waals surface area contributed by atoms with Crippen molar-refractivity contribution < 1.29 is 9.26 Å². The average Bonchev–Trinajstić information content (AvgIpc) is 3.23. The summed E-state index contributed by atoms with van der Waals surface area (Å²) in [6.07, 6.45) is 1.68. The number of benzene rings is 1. The number of ether oxygens (including phenoxy) is 1. The number of nitrogens with one attached hydrogen (secondary N) is 2. The van der Waals surface area contributed by atoms with E-state index in [1.54, 1.807) is 7.05 Å². The van der Waals surface area contributed by atoms with Crippen molar-refractivity contribution in [3.05, 3.63) is 35.7 Å². The van der Waals surface area contributed by atoms with Gasteiger partial charge in [0.15, 0.2) is 11.8 Å². The molecule has 0 saturated carbocycles. The summed E-state index contributed by atoms with van der Waals surface area (Å²) in [5.41, 5.74) is 2.19. The number of hydrogen-bond donors (Lipinski definition) is 2. The van der Waals surface area contributed by atoms with Gasteiger partial charge in [0.2, 0.25) is 0 Å². The predicted molar refractivity (Wildman–Crippen MR) is 109 cm³/mol. The lowest BCUT2D eigenvalue weighted by atomic mass is 10.1. The molecule has 1 aromatic heterocycles. The van der Waals surface area contributed by atoms with Crippen LogP contribution in [0.2, 0.25) is 0 Å². The third-order valence-electron chi connectivity index (χ3n) is 4.74. The summed E-state index contributed by atoms with van der Waals surface area (Å²) < 4.78 is 10.7. The van der Waals surface area contributed by atoms with Crippen LogP contribution in [0.25, 0.3) is 11.5 Å². The van der Waals surface area contributed by atoms with E-state index in [9.17, 15) is 0 Å². The van der Waals surface area contributed by atoms with Gasteiger partial charge in [0, 0.05) is 51.8 Å². The topological polar surface area (TPSA) is 87.8 Å². The number of guanidine groups is 1. The van der Waals surface area contributed by atoms with Crippen molar-refractivity contribution in [1.82, 2.24) is 25.7 Å². The smallest absolute Gasteiger partial charge is 0.257 e. The monoisotopic (exact) mass is 386 g/mol. The van der Waals surface area contributed by atoms with Crippen LogP contribution in [0.3, 0.4) is 0 Å². The molecule has 0 amide bonds. The number of aryl methyl sites for hydroxylation is 1. The van der Waals surface area contributed by atoms with Gasteiger partial charge < -0.3 is 19.9 Å². The number of rotatable bonds is 8. The first kappa shape index (κ1) is 20.3. The Labute approximate surface area is 166 Å². The fourth-order valence-electron chi connectivity index (χ4n) is 3.03. The molecule has 3 rings (SSSR count). The molecule has 1 aliphatic heterocycles. The lowest BCUT2D eigenvalue weighted by Crippen LogP contribution is -2.44. The molecule has 1 fully saturated rings. The molecule has 1 saturated heterocycles. The van der Waals surface area contributed by atoms with Crippen LogP contribution in [0.1, 0.15) is 18.3 Å². The van der Waals surface area contributed by atoms with Crippen LogP contribution in [-0.4, -0.2) is 74.0 Å². The normalized spacial score (nSPS) is 15.6. The van der Waals surface area contributed by atoms with E-state index in [2.05, 4.69) is 42.8 Å². The molecule has 0 aliphatic carbocycles. The highest BCUT2D eigenvalue weighted by Gasteiger charge is 2.10. The Morgan fingerprint density at radius 3 is 2.57 bits per heavy atom. The minimum Gasteiger partial charge on any atom is -0.379 e. The van der Waals surface area contributed by atoms with Gasteiger partial charge in [0.05, 0.1) is 13.2 Å². The molecule has 1 aliphatic rings. The van der Waals surface area contributed by atoms with Gasteiger partial charge in [-0.05, 0) is 24.1 Å². The molecular weight excluding hydrogens is 356 g/mol. The second-order valence-corrected chi connectivity index (χ2v) is 6.70. The highest BCUT2D eigenvalue weighted by atomic mass is 16.5. The van der Waals surface area contributed by atoms with Crippen LogP contribution in [0.4, 0.5) is 0 Å². The second kappa shape index (κ2) is 10.8. The largest absolute Gasteiger partial charge is 0.379 e. The zero-order chi connectivity index (χ0) is 19.6. The Morgan fingerprint density at radius 1 is 1.14 bits per heavy atom. The lowest BCUT2D eigenvalue weighted by Gasteiger charge is -2.26. The van der Waals surface area contributed by atoms with Gasteiger partial charge in [-0.15, -0.1) is 0 Å². The van der Waals surface area contributed by atoms with Crippen molar-refractivity contribution in [3.8, 4) is 11.5 Å². The molecule has 2 heterocycles. The number of aliphatic imine (C=N–C) groups is 1. The van der Waals surface area contributed by atoms with Gasteiger partial charge in [0.1, 0.15) is 0 Å². The summed E-state index contributed by atoms with van der Waals surface area (Å²) in [5, 5.41) is 10.7. The Morgan fingerprint density at radius 2 is 1.89 bits per heavy atom.